The summed E-state index contributed by atoms with van der Waals surface area (Å²) >= 11 is 0. The molecule has 0 unspecified atom stereocenters. The molecule has 2 rings (SSSR count). The first-order valence-electron chi connectivity index (χ1n) is 5.90. The van der Waals surface area contributed by atoms with Crippen LogP contribution in [0.15, 0.2) is 24.4 Å². The van der Waals surface area contributed by atoms with Gasteiger partial charge in [-0.3, -0.25) is 4.57 Å². The lowest BCUT2D eigenvalue weighted by molar-refractivity contribution is 0.0544. The number of halogens is 1. The van der Waals surface area contributed by atoms with E-state index in [1.54, 1.807) is 26.8 Å². The van der Waals surface area contributed by atoms with Crippen LogP contribution in [0, 0.1) is 5.82 Å². The third-order valence-electron chi connectivity index (χ3n) is 2.58. The van der Waals surface area contributed by atoms with E-state index in [0.717, 1.165) is 0 Å². The van der Waals surface area contributed by atoms with Gasteiger partial charge in [0.1, 0.15) is 5.60 Å². The third-order valence-corrected chi connectivity index (χ3v) is 2.58. The predicted octanol–water partition coefficient (Wildman–Crippen LogP) is 3.57. The molecule has 0 spiro atoms. The summed E-state index contributed by atoms with van der Waals surface area (Å²) in [5, 5.41) is 0.324. The fourth-order valence-electron chi connectivity index (χ4n) is 1.79. The van der Waals surface area contributed by atoms with Gasteiger partial charge in [0.25, 0.3) is 0 Å². The number of hydrogen-bond donors (Lipinski definition) is 0. The maximum atomic E-state index is 14.0. The van der Waals surface area contributed by atoms with Crippen LogP contribution in [-0.4, -0.2) is 23.4 Å². The highest BCUT2D eigenvalue weighted by Gasteiger charge is 2.20. The highest BCUT2D eigenvalue weighted by Crippen LogP contribution is 2.27. The van der Waals surface area contributed by atoms with Crippen molar-refractivity contribution in [1.29, 1.82) is 0 Å². The summed E-state index contributed by atoms with van der Waals surface area (Å²) in [6.45, 7) is 5.33. The van der Waals surface area contributed by atoms with Gasteiger partial charge in [-0.25, -0.2) is 9.18 Å². The Morgan fingerprint density at radius 3 is 2.53 bits per heavy atom. The summed E-state index contributed by atoms with van der Waals surface area (Å²) < 4.78 is 25.4. The van der Waals surface area contributed by atoms with E-state index in [1.807, 2.05) is 0 Å². The van der Waals surface area contributed by atoms with Crippen molar-refractivity contribution in [2.45, 2.75) is 26.4 Å². The summed E-state index contributed by atoms with van der Waals surface area (Å²) in [4.78, 5) is 12.0. The first-order chi connectivity index (χ1) is 8.83. The van der Waals surface area contributed by atoms with E-state index in [2.05, 4.69) is 0 Å². The van der Waals surface area contributed by atoms with Gasteiger partial charge in [0.15, 0.2) is 11.6 Å². The van der Waals surface area contributed by atoms with Gasteiger partial charge < -0.3 is 9.47 Å². The van der Waals surface area contributed by atoms with Crippen molar-refractivity contribution in [1.82, 2.24) is 4.57 Å². The van der Waals surface area contributed by atoms with Crippen LogP contribution >= 0.6 is 0 Å². The molecule has 0 N–H and O–H groups in total. The molecule has 1 aromatic heterocycles. The number of fused-ring (bicyclic) bond motifs is 1. The van der Waals surface area contributed by atoms with Gasteiger partial charge in [-0.2, -0.15) is 0 Å². The molecule has 2 aromatic rings. The maximum absolute atomic E-state index is 14.0. The average molecular weight is 265 g/mol. The Bertz CT molecular complexity index is 625. The molecular formula is C14H16FNO3. The highest BCUT2D eigenvalue weighted by molar-refractivity contribution is 5.90. The van der Waals surface area contributed by atoms with Crippen LogP contribution in [0.3, 0.4) is 0 Å². The molecule has 0 fully saturated rings. The summed E-state index contributed by atoms with van der Waals surface area (Å²) in [6, 6.07) is 4.64. The number of nitrogens with zero attached hydrogens (tertiary/aromatic N) is 1. The van der Waals surface area contributed by atoms with Gasteiger partial charge in [-0.1, -0.05) is 0 Å². The van der Waals surface area contributed by atoms with Crippen molar-refractivity contribution in [2.75, 3.05) is 7.11 Å². The van der Waals surface area contributed by atoms with Crippen molar-refractivity contribution < 1.29 is 18.7 Å². The Morgan fingerprint density at radius 2 is 1.95 bits per heavy atom. The van der Waals surface area contributed by atoms with E-state index in [-0.39, 0.29) is 5.75 Å². The Balaban J connectivity index is 2.47. The molecule has 102 valence electrons. The van der Waals surface area contributed by atoms with Crippen molar-refractivity contribution in [3.05, 3.63) is 30.2 Å². The standard InChI is InChI=1S/C14H16FNO3/c1-14(2,3)19-13(17)16-8-7-9-10(16)5-6-11(18-4)12(9)15/h5-8H,1-4H3. The Morgan fingerprint density at radius 1 is 1.26 bits per heavy atom. The number of hydrogen-bond acceptors (Lipinski definition) is 3. The normalized spacial score (nSPS) is 11.6. The quantitative estimate of drug-likeness (QED) is 0.791. The summed E-state index contributed by atoms with van der Waals surface area (Å²) in [5.74, 6) is -0.336. The molecule has 0 bridgehead atoms. The van der Waals surface area contributed by atoms with Gasteiger partial charge in [0.05, 0.1) is 12.6 Å². The lowest BCUT2D eigenvalue weighted by atomic mass is 10.2. The second-order valence-corrected chi connectivity index (χ2v) is 5.18. The molecule has 1 heterocycles. The fraction of sp³-hybridized carbons (Fsp3) is 0.357. The van der Waals surface area contributed by atoms with Crippen LogP contribution < -0.4 is 4.74 Å². The molecule has 0 saturated heterocycles. The van der Waals surface area contributed by atoms with E-state index >= 15 is 0 Å². The van der Waals surface area contributed by atoms with Crippen LogP contribution in [0.4, 0.5) is 9.18 Å². The minimum Gasteiger partial charge on any atom is -0.494 e. The number of carbonyl (C=O) groups excluding carboxylic acids is 1. The molecule has 0 radical (unpaired) electrons. The zero-order valence-electron chi connectivity index (χ0n) is 11.4. The SMILES string of the molecule is COc1ccc2c(ccn2C(=O)OC(C)(C)C)c1F. The van der Waals surface area contributed by atoms with Gasteiger partial charge in [-0.05, 0) is 39.0 Å². The van der Waals surface area contributed by atoms with E-state index in [4.69, 9.17) is 9.47 Å². The second kappa shape index (κ2) is 4.57. The third kappa shape index (κ3) is 2.54. The minimum absolute atomic E-state index is 0.148. The molecule has 1 aromatic carbocycles. The van der Waals surface area contributed by atoms with E-state index in [0.29, 0.717) is 10.9 Å². The largest absolute Gasteiger partial charge is 0.494 e. The van der Waals surface area contributed by atoms with Crippen LogP contribution in [0.5, 0.6) is 5.75 Å². The molecule has 0 aliphatic carbocycles. The molecule has 19 heavy (non-hydrogen) atoms. The van der Waals surface area contributed by atoms with E-state index < -0.39 is 17.5 Å². The monoisotopic (exact) mass is 265 g/mol. The lowest BCUT2D eigenvalue weighted by Crippen LogP contribution is -2.26. The summed E-state index contributed by atoms with van der Waals surface area (Å²) in [7, 11) is 1.40. The molecule has 0 atom stereocenters. The Hall–Kier alpha value is -2.04. The highest BCUT2D eigenvalue weighted by atomic mass is 19.1. The van der Waals surface area contributed by atoms with Gasteiger partial charge in [0.2, 0.25) is 0 Å². The van der Waals surface area contributed by atoms with Crippen LogP contribution in [-0.2, 0) is 4.74 Å². The topological polar surface area (TPSA) is 40.5 Å². The van der Waals surface area contributed by atoms with Gasteiger partial charge in [0, 0.05) is 11.6 Å². The van der Waals surface area contributed by atoms with Crippen LogP contribution in [0.1, 0.15) is 20.8 Å². The summed E-state index contributed by atoms with van der Waals surface area (Å²) in [6.07, 6.45) is 0.952. The van der Waals surface area contributed by atoms with Crippen molar-refractivity contribution in [3.63, 3.8) is 0 Å². The first kappa shape index (κ1) is 13.4. The fourth-order valence-corrected chi connectivity index (χ4v) is 1.79. The van der Waals surface area contributed by atoms with Gasteiger partial charge >= 0.3 is 6.09 Å². The minimum atomic E-state index is -0.599. The van der Waals surface area contributed by atoms with E-state index in [9.17, 15) is 9.18 Å². The van der Waals surface area contributed by atoms with Crippen LogP contribution in [0.2, 0.25) is 0 Å². The zero-order chi connectivity index (χ0) is 14.2. The summed E-state index contributed by atoms with van der Waals surface area (Å²) in [5.41, 5.74) is -0.147. The molecule has 0 aliphatic heterocycles. The van der Waals surface area contributed by atoms with E-state index in [1.165, 1.54) is 30.0 Å². The van der Waals surface area contributed by atoms with Crippen LogP contribution in [0.25, 0.3) is 10.9 Å². The Labute approximate surface area is 110 Å². The van der Waals surface area contributed by atoms with Gasteiger partial charge in [-0.15, -0.1) is 0 Å². The number of rotatable bonds is 1. The average Bonchev–Trinajstić information content (AvgIpc) is 2.72. The Kier molecular flexibility index (Phi) is 3.22. The number of ether oxygens (including phenoxy) is 2. The molecule has 0 saturated carbocycles. The molecule has 0 amide bonds. The van der Waals surface area contributed by atoms with Crippen molar-refractivity contribution in [2.24, 2.45) is 0 Å². The number of aromatic nitrogens is 1. The van der Waals surface area contributed by atoms with Crippen molar-refractivity contribution in [3.8, 4) is 5.75 Å². The molecule has 5 heteroatoms. The molecule has 0 aliphatic rings. The number of benzene rings is 1. The smallest absolute Gasteiger partial charge is 0.418 e. The first-order valence-corrected chi connectivity index (χ1v) is 5.90. The molecule has 4 nitrogen and oxygen atoms in total. The maximum Gasteiger partial charge on any atom is 0.418 e. The second-order valence-electron chi connectivity index (χ2n) is 5.18. The lowest BCUT2D eigenvalue weighted by Gasteiger charge is -2.19. The molecular weight excluding hydrogens is 249 g/mol. The zero-order valence-corrected chi connectivity index (χ0v) is 11.4. The number of carbonyl (C=O) groups is 1. The van der Waals surface area contributed by atoms with Crippen molar-refractivity contribution >= 4 is 17.0 Å². The number of methoxy groups -OCH3 is 1. The predicted molar refractivity (Wildman–Crippen MR) is 70.1 cm³/mol.